The second-order valence-corrected chi connectivity index (χ2v) is 6.99. The highest BCUT2D eigenvalue weighted by Gasteiger charge is 2.26. The van der Waals surface area contributed by atoms with Gasteiger partial charge >= 0.3 is 0 Å². The summed E-state index contributed by atoms with van der Waals surface area (Å²) in [5.41, 5.74) is 0. The molecule has 0 aliphatic carbocycles. The van der Waals surface area contributed by atoms with Crippen molar-refractivity contribution in [3.63, 3.8) is 0 Å². The van der Waals surface area contributed by atoms with Gasteiger partial charge in [0.15, 0.2) is 0 Å². The zero-order chi connectivity index (χ0) is 15.0. The van der Waals surface area contributed by atoms with Gasteiger partial charge in [-0.05, 0) is 41.0 Å². The molecule has 18 heavy (non-hydrogen) atoms. The molecule has 0 radical (unpaired) electrons. The van der Waals surface area contributed by atoms with Crippen molar-refractivity contribution in [2.24, 2.45) is 0 Å². The van der Waals surface area contributed by atoms with E-state index in [2.05, 4.69) is 41.7 Å². The highest BCUT2D eigenvalue weighted by Crippen LogP contribution is 2.14. The van der Waals surface area contributed by atoms with E-state index >= 15 is 0 Å². The summed E-state index contributed by atoms with van der Waals surface area (Å²) in [6.45, 7) is 14.5. The molecule has 0 aromatic rings. The summed E-state index contributed by atoms with van der Waals surface area (Å²) in [7, 11) is -1.61. The van der Waals surface area contributed by atoms with E-state index < -0.39 is 10.1 Å². The van der Waals surface area contributed by atoms with Gasteiger partial charge in [-0.3, -0.25) is 0 Å². The summed E-state index contributed by atoms with van der Waals surface area (Å²) in [4.78, 5) is 0. The molecule has 0 saturated heterocycles. The molecule has 4 nitrogen and oxygen atoms in total. The number of unbranched alkanes of at least 4 members (excludes halogenated alkanes) is 1. The molecule has 0 heterocycles. The van der Waals surface area contributed by atoms with E-state index in [1.807, 2.05) is 6.92 Å². The van der Waals surface area contributed by atoms with Crippen LogP contribution < -0.4 is 0 Å². The maximum Gasteiger partial charge on any atom is 0.0945 e. The summed E-state index contributed by atoms with van der Waals surface area (Å²) in [5.74, 6) is -0.219. The van der Waals surface area contributed by atoms with Crippen LogP contribution in [0.25, 0.3) is 0 Å². The van der Waals surface area contributed by atoms with E-state index in [9.17, 15) is 13.0 Å². The van der Waals surface area contributed by atoms with Crippen molar-refractivity contribution in [3.05, 3.63) is 0 Å². The molecule has 0 unspecified atom stereocenters. The van der Waals surface area contributed by atoms with Crippen LogP contribution in [0, 0.1) is 0 Å². The molecule has 5 heteroatoms. The minimum absolute atomic E-state index is 0.219. The van der Waals surface area contributed by atoms with Crippen molar-refractivity contribution >= 4 is 10.1 Å². The Morgan fingerprint density at radius 3 is 1.50 bits per heavy atom. The minimum atomic E-state index is -3.94. The van der Waals surface area contributed by atoms with Gasteiger partial charge in [0.2, 0.25) is 0 Å². The molecule has 112 valence electrons. The average Bonchev–Trinajstić information content (AvgIpc) is 2.24. The second-order valence-electron chi connectivity index (χ2n) is 5.47. The maximum atomic E-state index is 9.83. The first-order valence-electron chi connectivity index (χ1n) is 6.79. The monoisotopic (exact) mass is 281 g/mol. The van der Waals surface area contributed by atoms with Gasteiger partial charge in [0.25, 0.3) is 0 Å². The Balaban J connectivity index is 0. The van der Waals surface area contributed by atoms with E-state index in [-0.39, 0.29) is 5.75 Å². The lowest BCUT2D eigenvalue weighted by atomic mass is 10.2. The van der Waals surface area contributed by atoms with Gasteiger partial charge in [0.1, 0.15) is 0 Å². The van der Waals surface area contributed by atoms with Crippen LogP contribution in [0.3, 0.4) is 0 Å². The Morgan fingerprint density at radius 2 is 1.44 bits per heavy atom. The Kier molecular flexibility index (Phi) is 9.97. The average molecular weight is 281 g/mol. The molecule has 0 rings (SSSR count). The first-order chi connectivity index (χ1) is 8.01. The number of nitrogens with zero attached hydrogens (tertiary/aromatic N) is 1. The van der Waals surface area contributed by atoms with Gasteiger partial charge in [0.05, 0.1) is 35.8 Å². The van der Waals surface area contributed by atoms with Gasteiger partial charge in [-0.1, -0.05) is 13.3 Å². The molecule has 0 saturated carbocycles. The third-order valence-electron chi connectivity index (χ3n) is 3.79. The van der Waals surface area contributed by atoms with Crippen LogP contribution in [-0.4, -0.2) is 48.9 Å². The number of hydrogen-bond acceptors (Lipinski definition) is 3. The predicted octanol–water partition coefficient (Wildman–Crippen LogP) is 2.60. The molecule has 0 bridgehead atoms. The Morgan fingerprint density at radius 1 is 1.06 bits per heavy atom. The predicted molar refractivity (Wildman–Crippen MR) is 76.5 cm³/mol. The lowest BCUT2D eigenvalue weighted by Gasteiger charge is -2.41. The lowest BCUT2D eigenvalue weighted by molar-refractivity contribution is -0.947. The SMILES string of the molecule is CCCCS(=O)(=O)[O-].CC[N+](C)(C(C)C)C(C)C. The molecule has 0 aliphatic heterocycles. The van der Waals surface area contributed by atoms with Crippen molar-refractivity contribution in [1.29, 1.82) is 0 Å². The zero-order valence-electron chi connectivity index (χ0n) is 13.1. The number of quaternary nitrogens is 1. The molecule has 0 spiro atoms. The normalized spacial score (nSPS) is 12.6. The van der Waals surface area contributed by atoms with Crippen molar-refractivity contribution in [1.82, 2.24) is 0 Å². The van der Waals surface area contributed by atoms with Crippen LogP contribution in [0.15, 0.2) is 0 Å². The Hall–Kier alpha value is -0.130. The van der Waals surface area contributed by atoms with Gasteiger partial charge in [-0.2, -0.15) is 0 Å². The van der Waals surface area contributed by atoms with E-state index in [0.717, 1.165) is 18.5 Å². The van der Waals surface area contributed by atoms with Gasteiger partial charge in [-0.25, -0.2) is 8.42 Å². The molecule has 0 aromatic carbocycles. The Bertz CT molecular complexity index is 289. The standard InChI is InChI=1S/C9H22N.C4H10O3S/c1-7-10(6,8(2)3)9(4)5;1-2-3-4-8(5,6)7/h8-9H,7H2,1-6H3;2-4H2,1H3,(H,5,6,7)/q+1;/p-1. The molecule has 0 N–H and O–H groups in total. The molecule has 0 amide bonds. The molecule has 0 atom stereocenters. The van der Waals surface area contributed by atoms with Crippen LogP contribution >= 0.6 is 0 Å². The largest absolute Gasteiger partial charge is 0.748 e. The smallest absolute Gasteiger partial charge is 0.0945 e. The highest BCUT2D eigenvalue weighted by molar-refractivity contribution is 7.85. The number of hydrogen-bond donors (Lipinski definition) is 0. The second kappa shape index (κ2) is 8.88. The first kappa shape index (κ1) is 20.2. The quantitative estimate of drug-likeness (QED) is 0.555. The molecule has 0 aromatic heterocycles. The molecule has 0 aliphatic rings. The topological polar surface area (TPSA) is 57.2 Å². The maximum absolute atomic E-state index is 9.83. The summed E-state index contributed by atoms with van der Waals surface area (Å²) in [6.07, 6.45) is 1.23. The third-order valence-corrected chi connectivity index (χ3v) is 4.58. The fourth-order valence-corrected chi connectivity index (χ4v) is 2.29. The fraction of sp³-hybridized carbons (Fsp3) is 1.00. The van der Waals surface area contributed by atoms with Crippen LogP contribution in [-0.2, 0) is 10.1 Å². The highest BCUT2D eigenvalue weighted by atomic mass is 32.2. The summed E-state index contributed by atoms with van der Waals surface area (Å²) < 4.78 is 30.7. The molecular weight excluding hydrogens is 250 g/mol. The molecular formula is C13H31NO3S. The van der Waals surface area contributed by atoms with Crippen molar-refractivity contribution < 1.29 is 17.5 Å². The molecule has 0 fully saturated rings. The summed E-state index contributed by atoms with van der Waals surface area (Å²) in [5, 5.41) is 0. The zero-order valence-corrected chi connectivity index (χ0v) is 13.9. The summed E-state index contributed by atoms with van der Waals surface area (Å²) >= 11 is 0. The summed E-state index contributed by atoms with van der Waals surface area (Å²) in [6, 6.07) is 1.48. The van der Waals surface area contributed by atoms with Gasteiger partial charge in [0, 0.05) is 5.75 Å². The van der Waals surface area contributed by atoms with Gasteiger partial charge < -0.3 is 9.04 Å². The van der Waals surface area contributed by atoms with Crippen molar-refractivity contribution in [2.45, 2.75) is 66.5 Å². The van der Waals surface area contributed by atoms with E-state index in [1.165, 1.54) is 11.0 Å². The van der Waals surface area contributed by atoms with Crippen LogP contribution in [0.1, 0.15) is 54.4 Å². The van der Waals surface area contributed by atoms with Crippen molar-refractivity contribution in [3.8, 4) is 0 Å². The minimum Gasteiger partial charge on any atom is -0.748 e. The fourth-order valence-electron chi connectivity index (χ4n) is 1.65. The van der Waals surface area contributed by atoms with E-state index in [4.69, 9.17) is 0 Å². The van der Waals surface area contributed by atoms with Gasteiger partial charge in [-0.15, -0.1) is 0 Å². The van der Waals surface area contributed by atoms with Crippen LogP contribution in [0.5, 0.6) is 0 Å². The number of rotatable bonds is 6. The first-order valence-corrected chi connectivity index (χ1v) is 8.37. The van der Waals surface area contributed by atoms with E-state index in [1.54, 1.807) is 0 Å². The van der Waals surface area contributed by atoms with Crippen molar-refractivity contribution in [2.75, 3.05) is 19.3 Å². The Labute approximate surface area is 114 Å². The lowest BCUT2D eigenvalue weighted by Crippen LogP contribution is -2.54. The van der Waals surface area contributed by atoms with Crippen LogP contribution in [0.4, 0.5) is 0 Å². The van der Waals surface area contributed by atoms with E-state index in [0.29, 0.717) is 6.42 Å². The third kappa shape index (κ3) is 8.89. The van der Waals surface area contributed by atoms with Crippen LogP contribution in [0.2, 0.25) is 0 Å².